The molecule has 3 N–H and O–H groups in total. The van der Waals surface area contributed by atoms with Crippen LogP contribution in [-0.2, 0) is 16.1 Å². The van der Waals surface area contributed by atoms with Crippen LogP contribution in [0.4, 0.5) is 0 Å². The molecule has 1 aromatic carbocycles. The highest BCUT2D eigenvalue weighted by Crippen LogP contribution is 2.70. The van der Waals surface area contributed by atoms with Crippen LogP contribution in [0.5, 0.6) is 11.5 Å². The minimum absolute atomic E-state index is 0.00811. The number of esters is 1. The molecular weight excluding hydrogens is 510 g/mol. The SMILES string of the molecule is COc1cc(CN=C[C@]23CC[C@H](O)C[C@]2(O)CC[C@@H]2[C@@H]3CC[C@]3(C)[C@H](C4=CC(=O)OC4)CC[C@@]23O)cc(OC)c1. The highest BCUT2D eigenvalue weighted by Gasteiger charge is 2.71. The summed E-state index contributed by atoms with van der Waals surface area (Å²) in [6.07, 6.45) is 9.09. The largest absolute Gasteiger partial charge is 0.497 e. The summed E-state index contributed by atoms with van der Waals surface area (Å²) in [7, 11) is 3.25. The fourth-order valence-electron chi connectivity index (χ4n) is 9.63. The van der Waals surface area contributed by atoms with E-state index < -0.39 is 22.7 Å². The first-order valence-electron chi connectivity index (χ1n) is 14.8. The molecule has 0 aromatic heterocycles. The van der Waals surface area contributed by atoms with Crippen molar-refractivity contribution in [2.75, 3.05) is 20.8 Å². The Kier molecular flexibility index (Phi) is 6.83. The number of aliphatic imine (C=N–C) groups is 1. The molecule has 4 fully saturated rings. The zero-order valence-corrected chi connectivity index (χ0v) is 23.9. The van der Waals surface area contributed by atoms with E-state index in [0.717, 1.165) is 30.4 Å². The van der Waals surface area contributed by atoms with Gasteiger partial charge < -0.3 is 29.5 Å². The van der Waals surface area contributed by atoms with Crippen molar-refractivity contribution in [3.05, 3.63) is 35.4 Å². The molecule has 6 rings (SSSR count). The first kappa shape index (κ1) is 27.7. The number of nitrogens with zero attached hydrogens (tertiary/aromatic N) is 1. The predicted octanol–water partition coefficient (Wildman–Crippen LogP) is 3.99. The van der Waals surface area contributed by atoms with Gasteiger partial charge >= 0.3 is 5.97 Å². The maximum absolute atomic E-state index is 12.6. The minimum atomic E-state index is -1.07. The fraction of sp³-hybridized carbons (Fsp3) is 0.688. The van der Waals surface area contributed by atoms with Crippen molar-refractivity contribution in [1.29, 1.82) is 0 Å². The number of cyclic esters (lactones) is 1. The van der Waals surface area contributed by atoms with Gasteiger partial charge in [0, 0.05) is 35.6 Å². The van der Waals surface area contributed by atoms with Crippen LogP contribution in [0.15, 0.2) is 34.8 Å². The minimum Gasteiger partial charge on any atom is -0.497 e. The normalized spacial score (nSPS) is 42.5. The Morgan fingerprint density at radius 2 is 1.73 bits per heavy atom. The van der Waals surface area contributed by atoms with Crippen molar-refractivity contribution in [3.8, 4) is 11.5 Å². The maximum atomic E-state index is 12.6. The summed E-state index contributed by atoms with van der Waals surface area (Å²) < 4.78 is 16.1. The zero-order valence-electron chi connectivity index (χ0n) is 23.9. The molecule has 40 heavy (non-hydrogen) atoms. The van der Waals surface area contributed by atoms with E-state index in [0.29, 0.717) is 63.2 Å². The average molecular weight is 554 g/mol. The number of fused-ring (bicyclic) bond motifs is 5. The molecule has 0 saturated heterocycles. The Morgan fingerprint density at radius 1 is 1.00 bits per heavy atom. The van der Waals surface area contributed by atoms with E-state index in [1.807, 2.05) is 24.4 Å². The third-order valence-corrected chi connectivity index (χ3v) is 11.6. The number of aliphatic hydroxyl groups is 3. The number of hydrogen-bond acceptors (Lipinski definition) is 8. The number of hydrogen-bond donors (Lipinski definition) is 3. The first-order chi connectivity index (χ1) is 19.1. The Hall–Kier alpha value is -2.42. The summed E-state index contributed by atoms with van der Waals surface area (Å²) in [6, 6.07) is 5.71. The standard InChI is InChI=1S/C32H43NO7/c1-29-8-5-26-27(32(29,37)11-7-25(29)21-14-28(35)40-18-21)6-10-31(36)16-22(34)4-9-30(26,31)19-33-17-20-12-23(38-2)15-24(13-20)39-3/h12-15,19,22,25-27,34,36-37H,4-11,16-18H2,1-3H3/t22-,25-,26-,27+,29+,30-,31+,32+/m0/s1. The summed E-state index contributed by atoms with van der Waals surface area (Å²) in [5, 5.41) is 35.4. The smallest absolute Gasteiger partial charge is 0.331 e. The van der Waals surface area contributed by atoms with Crippen LogP contribution >= 0.6 is 0 Å². The molecule has 8 atom stereocenters. The number of ether oxygens (including phenoxy) is 3. The van der Waals surface area contributed by atoms with Gasteiger partial charge in [-0.25, -0.2) is 4.79 Å². The molecule has 218 valence electrons. The molecule has 0 spiro atoms. The number of methoxy groups -OCH3 is 2. The Balaban J connectivity index is 1.34. The lowest BCUT2D eigenvalue weighted by atomic mass is 9.41. The van der Waals surface area contributed by atoms with E-state index in [4.69, 9.17) is 19.2 Å². The van der Waals surface area contributed by atoms with E-state index in [9.17, 15) is 20.1 Å². The van der Waals surface area contributed by atoms with E-state index in [1.54, 1.807) is 20.3 Å². The van der Waals surface area contributed by atoms with E-state index in [2.05, 4.69) is 6.92 Å². The Labute approximate surface area is 236 Å². The Morgan fingerprint density at radius 3 is 2.40 bits per heavy atom. The number of carbonyl (C=O) groups excluding carboxylic acids is 1. The highest BCUT2D eigenvalue weighted by molar-refractivity contribution is 5.85. The van der Waals surface area contributed by atoms with Crippen LogP contribution in [0.25, 0.3) is 0 Å². The summed E-state index contributed by atoms with van der Waals surface area (Å²) in [6.45, 7) is 2.94. The van der Waals surface area contributed by atoms with Crippen LogP contribution in [-0.4, -0.2) is 65.6 Å². The first-order valence-corrected chi connectivity index (χ1v) is 14.8. The number of carbonyl (C=O) groups is 1. The molecule has 8 nitrogen and oxygen atoms in total. The predicted molar refractivity (Wildman–Crippen MR) is 149 cm³/mol. The van der Waals surface area contributed by atoms with Crippen molar-refractivity contribution in [2.45, 2.75) is 88.6 Å². The van der Waals surface area contributed by atoms with Gasteiger partial charge in [0.15, 0.2) is 0 Å². The molecule has 4 aliphatic carbocycles. The van der Waals surface area contributed by atoms with Gasteiger partial charge in [-0.1, -0.05) is 6.92 Å². The van der Waals surface area contributed by atoms with Crippen LogP contribution in [0, 0.1) is 28.6 Å². The van der Waals surface area contributed by atoms with Crippen molar-refractivity contribution in [2.24, 2.45) is 33.6 Å². The molecule has 1 aliphatic heterocycles. The number of rotatable bonds is 6. The van der Waals surface area contributed by atoms with Crippen LogP contribution < -0.4 is 9.47 Å². The van der Waals surface area contributed by atoms with Gasteiger partial charge in [-0.3, -0.25) is 4.99 Å². The second-order valence-electron chi connectivity index (χ2n) is 13.2. The molecular formula is C32H43NO7. The van der Waals surface area contributed by atoms with Gasteiger partial charge in [-0.05, 0) is 92.4 Å². The van der Waals surface area contributed by atoms with Gasteiger partial charge in [-0.2, -0.15) is 0 Å². The van der Waals surface area contributed by atoms with Crippen molar-refractivity contribution < 1.29 is 34.3 Å². The lowest BCUT2D eigenvalue weighted by Gasteiger charge is -2.65. The van der Waals surface area contributed by atoms with Crippen LogP contribution in [0.3, 0.4) is 0 Å². The molecule has 0 unspecified atom stereocenters. The van der Waals surface area contributed by atoms with Crippen LogP contribution in [0.1, 0.15) is 70.3 Å². The van der Waals surface area contributed by atoms with Crippen molar-refractivity contribution >= 4 is 12.2 Å². The third kappa shape index (κ3) is 4.04. The quantitative estimate of drug-likeness (QED) is 0.360. The number of aliphatic hydroxyl groups excluding tert-OH is 1. The molecule has 5 aliphatic rings. The molecule has 1 aromatic rings. The fourth-order valence-corrected chi connectivity index (χ4v) is 9.63. The van der Waals surface area contributed by atoms with Gasteiger partial charge in [0.1, 0.15) is 18.1 Å². The summed E-state index contributed by atoms with van der Waals surface area (Å²) in [4.78, 5) is 16.8. The zero-order chi connectivity index (χ0) is 28.3. The molecule has 0 radical (unpaired) electrons. The molecule has 4 saturated carbocycles. The molecule has 0 amide bonds. The van der Waals surface area contributed by atoms with Crippen molar-refractivity contribution in [3.63, 3.8) is 0 Å². The lowest BCUT2D eigenvalue weighted by Crippen LogP contribution is -2.68. The van der Waals surface area contributed by atoms with Gasteiger partial charge in [0.2, 0.25) is 0 Å². The maximum Gasteiger partial charge on any atom is 0.331 e. The van der Waals surface area contributed by atoms with Gasteiger partial charge in [0.05, 0.1) is 38.1 Å². The summed E-state index contributed by atoms with van der Waals surface area (Å²) in [5.41, 5.74) is -0.986. The average Bonchev–Trinajstić information content (AvgIpc) is 3.48. The third-order valence-electron chi connectivity index (χ3n) is 11.6. The second-order valence-corrected chi connectivity index (χ2v) is 13.2. The van der Waals surface area contributed by atoms with Crippen LogP contribution in [0.2, 0.25) is 0 Å². The topological polar surface area (TPSA) is 118 Å². The van der Waals surface area contributed by atoms with Gasteiger partial charge in [-0.15, -0.1) is 0 Å². The van der Waals surface area contributed by atoms with E-state index in [-0.39, 0.29) is 29.1 Å². The molecule has 8 heteroatoms. The molecule has 1 heterocycles. The second kappa shape index (κ2) is 9.85. The highest BCUT2D eigenvalue weighted by atomic mass is 16.5. The van der Waals surface area contributed by atoms with E-state index >= 15 is 0 Å². The van der Waals surface area contributed by atoms with Crippen molar-refractivity contribution in [1.82, 2.24) is 0 Å². The monoisotopic (exact) mass is 553 g/mol. The number of benzene rings is 1. The lowest BCUT2D eigenvalue weighted by molar-refractivity contribution is -0.237. The van der Waals surface area contributed by atoms with Gasteiger partial charge in [0.25, 0.3) is 0 Å². The molecule has 0 bridgehead atoms. The van der Waals surface area contributed by atoms with E-state index in [1.165, 1.54) is 0 Å². The summed E-state index contributed by atoms with van der Waals surface area (Å²) in [5.74, 6) is 1.29. The Bertz CT molecular complexity index is 1210. The summed E-state index contributed by atoms with van der Waals surface area (Å²) >= 11 is 0.